The van der Waals surface area contributed by atoms with Gasteiger partial charge in [-0.1, -0.05) is 114 Å². The highest BCUT2D eigenvalue weighted by atomic mass is 32.1. The molecule has 15 heteroatoms. The molecule has 0 bridgehead atoms. The monoisotopic (exact) mass is 909 g/mol. The Morgan fingerprint density at radius 2 is 1.09 bits per heavy atom. The molecule has 8 rings (SSSR count). The van der Waals surface area contributed by atoms with E-state index >= 15 is 0 Å². The summed E-state index contributed by atoms with van der Waals surface area (Å²) in [5, 5.41) is 10.8. The number of hydrogen-bond acceptors (Lipinski definition) is 11. The van der Waals surface area contributed by atoms with Crippen LogP contribution in [-0.2, 0) is 19.1 Å². The molecule has 2 aliphatic rings. The van der Waals surface area contributed by atoms with Crippen LogP contribution in [0.25, 0.3) is 33.0 Å². The van der Waals surface area contributed by atoms with Crippen molar-refractivity contribution in [1.29, 1.82) is 0 Å². The molecule has 2 aromatic heterocycles. The van der Waals surface area contributed by atoms with Gasteiger partial charge in [0.1, 0.15) is 34.3 Å². The number of hydrogen-bond donors (Lipinski definition) is 2. The molecular weight excluding hydrogens is 855 g/mol. The molecule has 4 atom stereocenters. The summed E-state index contributed by atoms with van der Waals surface area (Å²) < 4.78 is 16.8. The molecule has 0 unspecified atom stereocenters. The van der Waals surface area contributed by atoms with Crippen LogP contribution in [0.2, 0.25) is 0 Å². The highest BCUT2D eigenvalue weighted by Crippen LogP contribution is 2.40. The summed E-state index contributed by atoms with van der Waals surface area (Å²) in [6.45, 7) is 11.7. The SMILES string of the molecule is CC(C)(C)OC(=O)N[C@@H](C(=O)N1CCC[C@H]1c1nc(-c2ccc(-c3ccc(-c4cnc([C@@H]5CCCN5C(=O)[C@H](NC(=O)OC(C)(C)C)c5ccccc5)s4)cc3)cc2)no1)c1ccccc1. The first-order valence-electron chi connectivity index (χ1n) is 22.3. The summed E-state index contributed by atoms with van der Waals surface area (Å²) in [6, 6.07) is 32.0. The quantitative estimate of drug-likeness (QED) is 0.128. The fourth-order valence-corrected chi connectivity index (χ4v) is 9.40. The molecule has 0 radical (unpaired) electrons. The fraction of sp³-hybridized carbons (Fsp3) is 0.353. The summed E-state index contributed by atoms with van der Waals surface area (Å²) in [7, 11) is 0. The van der Waals surface area contributed by atoms with Gasteiger partial charge in [0.2, 0.25) is 11.7 Å². The largest absolute Gasteiger partial charge is 0.444 e. The molecule has 0 spiro atoms. The lowest BCUT2D eigenvalue weighted by molar-refractivity contribution is -0.135. The summed E-state index contributed by atoms with van der Waals surface area (Å²) in [5.74, 6) is 0.272. The number of ether oxygens (including phenoxy) is 2. The zero-order valence-electron chi connectivity index (χ0n) is 38.0. The Labute approximate surface area is 388 Å². The van der Waals surface area contributed by atoms with Gasteiger partial charge < -0.3 is 34.4 Å². The fourth-order valence-electron chi connectivity index (χ4n) is 8.32. The molecule has 2 aliphatic heterocycles. The predicted octanol–water partition coefficient (Wildman–Crippen LogP) is 10.4. The normalized spacial score (nSPS) is 17.2. The van der Waals surface area contributed by atoms with Gasteiger partial charge in [-0.2, -0.15) is 4.98 Å². The van der Waals surface area contributed by atoms with Gasteiger partial charge in [-0.3, -0.25) is 9.59 Å². The number of thiazole rings is 1. The minimum Gasteiger partial charge on any atom is -0.444 e. The minimum atomic E-state index is -0.957. The molecule has 2 saturated heterocycles. The third-order valence-corrected chi connectivity index (χ3v) is 12.5. The zero-order chi connectivity index (χ0) is 46.6. The van der Waals surface area contributed by atoms with E-state index in [-0.39, 0.29) is 17.9 Å². The predicted molar refractivity (Wildman–Crippen MR) is 251 cm³/mol. The van der Waals surface area contributed by atoms with E-state index in [9.17, 15) is 19.2 Å². The molecular formula is C51H55N7O7S. The third kappa shape index (κ3) is 10.8. The van der Waals surface area contributed by atoms with E-state index in [4.69, 9.17) is 24.0 Å². The van der Waals surface area contributed by atoms with Gasteiger partial charge in [0.05, 0.1) is 10.9 Å². The standard InChI is InChI=1S/C51H55N7O7S/c1-50(2,3)63-48(61)53-41(35-15-9-7-10-16-35)46(59)57-29-13-19-38(57)44-55-43(56-65-44)37-27-23-33(24-28-37)32-21-25-34(26-22-32)40-31-52-45(66-40)39-20-14-30-58(39)47(60)42(36-17-11-8-12-18-36)54-49(62)64-51(4,5)6/h7-12,15-18,21-28,31,38-39,41-42H,13-14,19-20,29-30H2,1-6H3,(H,53,61)(H,54,62)/t38-,39-,41+,42+/m0/s1. The van der Waals surface area contributed by atoms with Crippen molar-refractivity contribution in [2.45, 2.75) is 103 Å². The van der Waals surface area contributed by atoms with Gasteiger partial charge in [0.15, 0.2) is 0 Å². The maximum Gasteiger partial charge on any atom is 0.408 e. The van der Waals surface area contributed by atoms with E-state index < -0.39 is 41.5 Å². The molecule has 2 fully saturated rings. The summed E-state index contributed by atoms with van der Waals surface area (Å²) in [5.41, 5.74) is 3.69. The average Bonchev–Trinajstić information content (AvgIpc) is 4.14. The molecule has 66 heavy (non-hydrogen) atoms. The first-order chi connectivity index (χ1) is 31.6. The number of carbonyl (C=O) groups is 4. The maximum atomic E-state index is 14.2. The summed E-state index contributed by atoms with van der Waals surface area (Å²) in [6.07, 6.45) is 3.52. The highest BCUT2D eigenvalue weighted by Gasteiger charge is 2.40. The van der Waals surface area contributed by atoms with Crippen molar-refractivity contribution in [2.24, 2.45) is 0 Å². The third-order valence-electron chi connectivity index (χ3n) is 11.3. The van der Waals surface area contributed by atoms with Crippen LogP contribution in [-0.4, -0.2) is 73.2 Å². The molecule has 14 nitrogen and oxygen atoms in total. The average molecular weight is 910 g/mol. The molecule has 2 N–H and O–H groups in total. The Morgan fingerprint density at radius 3 is 1.59 bits per heavy atom. The van der Waals surface area contributed by atoms with Crippen molar-refractivity contribution in [3.05, 3.63) is 137 Å². The number of carbonyl (C=O) groups excluding carboxylic acids is 4. The van der Waals surface area contributed by atoms with Crippen LogP contribution < -0.4 is 10.6 Å². The number of benzene rings is 4. The van der Waals surface area contributed by atoms with Crippen LogP contribution in [0, 0.1) is 0 Å². The van der Waals surface area contributed by atoms with Crippen LogP contribution in [0.15, 0.2) is 120 Å². The van der Waals surface area contributed by atoms with Crippen molar-refractivity contribution in [1.82, 2.24) is 35.6 Å². The first kappa shape index (κ1) is 45.7. The Balaban J connectivity index is 0.922. The number of aromatic nitrogens is 3. The van der Waals surface area contributed by atoms with Crippen molar-refractivity contribution < 1.29 is 33.2 Å². The lowest BCUT2D eigenvalue weighted by Gasteiger charge is -2.29. The van der Waals surface area contributed by atoms with Crippen molar-refractivity contribution >= 4 is 35.3 Å². The van der Waals surface area contributed by atoms with Gasteiger partial charge in [-0.25, -0.2) is 14.6 Å². The van der Waals surface area contributed by atoms with E-state index in [2.05, 4.69) is 40.1 Å². The van der Waals surface area contributed by atoms with E-state index in [1.807, 2.05) is 83.9 Å². The molecule has 342 valence electrons. The Morgan fingerprint density at radius 1 is 0.636 bits per heavy atom. The Bertz CT molecular complexity index is 2460. The summed E-state index contributed by atoms with van der Waals surface area (Å²) >= 11 is 1.57. The Hall–Kier alpha value is -6.87. The number of alkyl carbamates (subject to hydrolysis) is 2. The van der Waals surface area contributed by atoms with Gasteiger partial charge in [-0.15, -0.1) is 11.3 Å². The summed E-state index contributed by atoms with van der Waals surface area (Å²) in [4.78, 5) is 68.1. The lowest BCUT2D eigenvalue weighted by Crippen LogP contribution is -2.44. The molecule has 6 aromatic rings. The second-order valence-corrected chi connectivity index (χ2v) is 19.6. The number of nitrogens with one attached hydrogen (secondary N) is 2. The van der Waals surface area contributed by atoms with Crippen LogP contribution in [0.5, 0.6) is 0 Å². The van der Waals surface area contributed by atoms with Crippen LogP contribution in [0.4, 0.5) is 9.59 Å². The van der Waals surface area contributed by atoms with Crippen LogP contribution >= 0.6 is 11.3 Å². The number of amides is 4. The second kappa shape index (κ2) is 19.3. The number of likely N-dealkylation sites (tertiary alicyclic amines) is 2. The molecule has 4 amide bonds. The molecule has 4 heterocycles. The molecule has 0 aliphatic carbocycles. The number of nitrogens with zero attached hydrogens (tertiary/aromatic N) is 5. The van der Waals surface area contributed by atoms with Gasteiger partial charge >= 0.3 is 12.2 Å². The molecule has 0 saturated carbocycles. The molecule has 4 aromatic carbocycles. The van der Waals surface area contributed by atoms with Crippen LogP contribution in [0.1, 0.15) is 113 Å². The van der Waals surface area contributed by atoms with Gasteiger partial charge in [-0.05, 0) is 95.0 Å². The smallest absolute Gasteiger partial charge is 0.408 e. The van der Waals surface area contributed by atoms with Gasteiger partial charge in [0, 0.05) is 24.8 Å². The first-order valence-corrected chi connectivity index (χ1v) is 23.1. The highest BCUT2D eigenvalue weighted by molar-refractivity contribution is 7.15. The number of rotatable bonds is 11. The minimum absolute atomic E-state index is 0.197. The van der Waals surface area contributed by atoms with E-state index in [1.54, 1.807) is 69.9 Å². The maximum absolute atomic E-state index is 14.2. The van der Waals surface area contributed by atoms with E-state index in [1.165, 1.54) is 0 Å². The van der Waals surface area contributed by atoms with Crippen LogP contribution in [0.3, 0.4) is 0 Å². The van der Waals surface area contributed by atoms with Crippen molar-refractivity contribution in [2.75, 3.05) is 13.1 Å². The Kier molecular flexibility index (Phi) is 13.4. The van der Waals surface area contributed by atoms with Crippen molar-refractivity contribution in [3.8, 4) is 33.0 Å². The van der Waals surface area contributed by atoms with Gasteiger partial charge in [0.25, 0.3) is 11.8 Å². The second-order valence-electron chi connectivity index (χ2n) is 18.5. The lowest BCUT2D eigenvalue weighted by atomic mass is 10.0. The van der Waals surface area contributed by atoms with Crippen molar-refractivity contribution in [3.63, 3.8) is 0 Å². The topological polar surface area (TPSA) is 169 Å². The van der Waals surface area contributed by atoms with E-state index in [0.717, 1.165) is 51.4 Å². The van der Waals surface area contributed by atoms with E-state index in [0.29, 0.717) is 42.4 Å². The zero-order valence-corrected chi connectivity index (χ0v) is 38.8.